The molecule has 1 aliphatic heterocycles. The minimum atomic E-state index is -0.391. The molecule has 11 heteroatoms. The number of rotatable bonds is 6. The molecule has 0 atom stereocenters. The number of anilines is 3. The molecule has 0 spiro atoms. The number of fused-ring (bicyclic) bond motifs is 1. The van der Waals surface area contributed by atoms with Crippen LogP contribution in [0, 0.1) is 6.92 Å². The Labute approximate surface area is 257 Å². The standard InChI is InChI=1S/C33H40N8O3/c1-21-9-5-8-12-24(21)36-30(42)25-19-22-20-35-31(39-29(22)41(25)23-10-6-7-11-23)38-27-14-13-26(28(37-27)33(2,3)4)44-32(43)40-17-15-34-16-18-40/h5,8-9,12-14,19-20,23,34H,6-7,10-11,15-18H2,1-4H3,(H,36,42)(H,35,37,38,39). The summed E-state index contributed by atoms with van der Waals surface area (Å²) in [5.74, 6) is 1.18. The normalized spacial score (nSPS) is 15.9. The van der Waals surface area contributed by atoms with E-state index in [0.717, 1.165) is 55.4 Å². The van der Waals surface area contributed by atoms with Crippen molar-refractivity contribution in [3.8, 4) is 5.75 Å². The minimum absolute atomic E-state index is 0.166. The Kier molecular flexibility index (Phi) is 8.22. The van der Waals surface area contributed by atoms with E-state index in [0.29, 0.717) is 47.6 Å². The van der Waals surface area contributed by atoms with Gasteiger partial charge in [0, 0.05) is 54.9 Å². The summed E-state index contributed by atoms with van der Waals surface area (Å²) in [6, 6.07) is 13.4. The van der Waals surface area contributed by atoms with Gasteiger partial charge in [0.15, 0.2) is 5.75 Å². The van der Waals surface area contributed by atoms with Crippen LogP contribution in [0.25, 0.3) is 11.0 Å². The largest absolute Gasteiger partial charge is 0.415 e. The zero-order chi connectivity index (χ0) is 30.8. The number of piperazine rings is 1. The summed E-state index contributed by atoms with van der Waals surface area (Å²) in [5.41, 5.74) is 3.33. The van der Waals surface area contributed by atoms with Crippen molar-refractivity contribution < 1.29 is 14.3 Å². The van der Waals surface area contributed by atoms with Crippen LogP contribution >= 0.6 is 0 Å². The molecule has 1 saturated heterocycles. The lowest BCUT2D eigenvalue weighted by atomic mass is 9.91. The Balaban J connectivity index is 1.29. The van der Waals surface area contributed by atoms with E-state index in [1.165, 1.54) is 0 Å². The van der Waals surface area contributed by atoms with Gasteiger partial charge in [0.2, 0.25) is 5.95 Å². The summed E-state index contributed by atoms with van der Waals surface area (Å²) in [7, 11) is 0. The first kappa shape index (κ1) is 29.6. The quantitative estimate of drug-likeness (QED) is 0.249. The lowest BCUT2D eigenvalue weighted by Gasteiger charge is -2.28. The number of nitrogens with one attached hydrogen (secondary N) is 3. The maximum Gasteiger partial charge on any atom is 0.415 e. The zero-order valence-electron chi connectivity index (χ0n) is 25.8. The van der Waals surface area contributed by atoms with Gasteiger partial charge in [0.25, 0.3) is 5.91 Å². The predicted molar refractivity (Wildman–Crippen MR) is 171 cm³/mol. The molecule has 0 radical (unpaired) electrons. The molecule has 2 fully saturated rings. The minimum Gasteiger partial charge on any atom is -0.408 e. The van der Waals surface area contributed by atoms with E-state index in [2.05, 4.69) is 25.5 Å². The third-order valence-electron chi connectivity index (χ3n) is 8.27. The molecule has 6 rings (SSSR count). The SMILES string of the molecule is Cc1ccccc1NC(=O)c1cc2cnc(Nc3ccc(OC(=O)N4CCNCC4)c(C(C)(C)C)n3)nc2n1C1CCCC1. The molecule has 0 unspecified atom stereocenters. The van der Waals surface area contributed by atoms with E-state index in [4.69, 9.17) is 14.7 Å². The van der Waals surface area contributed by atoms with E-state index in [1.807, 2.05) is 58.0 Å². The number of para-hydroxylation sites is 1. The van der Waals surface area contributed by atoms with Crippen LogP contribution < -0.4 is 20.7 Å². The Morgan fingerprint density at radius 1 is 1.02 bits per heavy atom. The molecule has 2 aliphatic rings. The average Bonchev–Trinajstić information content (AvgIpc) is 3.67. The van der Waals surface area contributed by atoms with Gasteiger partial charge in [0.1, 0.15) is 17.2 Å². The van der Waals surface area contributed by atoms with Gasteiger partial charge in [-0.3, -0.25) is 4.79 Å². The molecule has 1 saturated carbocycles. The number of carbonyl (C=O) groups excluding carboxylic acids is 2. The first-order chi connectivity index (χ1) is 21.2. The number of aromatic nitrogens is 4. The summed E-state index contributed by atoms with van der Waals surface area (Å²) < 4.78 is 7.90. The van der Waals surface area contributed by atoms with E-state index in [9.17, 15) is 9.59 Å². The second-order valence-electron chi connectivity index (χ2n) is 12.6. The number of carbonyl (C=O) groups is 2. The summed E-state index contributed by atoms with van der Waals surface area (Å²) in [6.07, 6.45) is 5.59. The lowest BCUT2D eigenvalue weighted by molar-refractivity contribution is 0.101. The van der Waals surface area contributed by atoms with Crippen LogP contribution in [-0.2, 0) is 5.41 Å². The van der Waals surface area contributed by atoms with Gasteiger partial charge in [-0.15, -0.1) is 0 Å². The number of ether oxygens (including phenoxy) is 1. The number of nitrogens with zero attached hydrogens (tertiary/aromatic N) is 5. The highest BCUT2D eigenvalue weighted by Gasteiger charge is 2.28. The van der Waals surface area contributed by atoms with Crippen LogP contribution in [0.4, 0.5) is 22.2 Å². The maximum atomic E-state index is 13.6. The Morgan fingerprint density at radius 2 is 1.77 bits per heavy atom. The number of amides is 2. The number of benzene rings is 1. The third kappa shape index (κ3) is 6.23. The van der Waals surface area contributed by atoms with Crippen molar-refractivity contribution >= 4 is 40.5 Å². The topological polar surface area (TPSA) is 126 Å². The Morgan fingerprint density at radius 3 is 2.50 bits per heavy atom. The van der Waals surface area contributed by atoms with Crippen molar-refractivity contribution in [1.82, 2.24) is 29.7 Å². The Hall–Kier alpha value is -4.51. The first-order valence-electron chi connectivity index (χ1n) is 15.4. The smallest absolute Gasteiger partial charge is 0.408 e. The number of aryl methyl sites for hydroxylation is 1. The van der Waals surface area contributed by atoms with Crippen molar-refractivity contribution in [3.05, 3.63) is 65.6 Å². The molecular formula is C33H40N8O3. The summed E-state index contributed by atoms with van der Waals surface area (Å²) in [6.45, 7) is 10.8. The fourth-order valence-corrected chi connectivity index (χ4v) is 5.93. The molecule has 1 aromatic carbocycles. The second kappa shape index (κ2) is 12.2. The van der Waals surface area contributed by atoms with Crippen LogP contribution in [0.2, 0.25) is 0 Å². The molecule has 44 heavy (non-hydrogen) atoms. The molecule has 2 amide bonds. The van der Waals surface area contributed by atoms with Crippen molar-refractivity contribution in [3.63, 3.8) is 0 Å². The molecule has 3 aromatic heterocycles. The van der Waals surface area contributed by atoms with Gasteiger partial charge < -0.3 is 30.2 Å². The van der Waals surface area contributed by atoms with Crippen LogP contribution in [-0.4, -0.2) is 62.6 Å². The monoisotopic (exact) mass is 596 g/mol. The van der Waals surface area contributed by atoms with Gasteiger partial charge in [-0.05, 0) is 49.6 Å². The van der Waals surface area contributed by atoms with E-state index < -0.39 is 5.41 Å². The lowest BCUT2D eigenvalue weighted by Crippen LogP contribution is -2.47. The van der Waals surface area contributed by atoms with E-state index in [-0.39, 0.29) is 18.0 Å². The average molecular weight is 597 g/mol. The van der Waals surface area contributed by atoms with Gasteiger partial charge in [-0.1, -0.05) is 51.8 Å². The molecule has 4 heterocycles. The van der Waals surface area contributed by atoms with Crippen molar-refractivity contribution in [2.45, 2.75) is 64.8 Å². The van der Waals surface area contributed by atoms with Gasteiger partial charge in [-0.25, -0.2) is 14.8 Å². The second-order valence-corrected chi connectivity index (χ2v) is 12.6. The third-order valence-corrected chi connectivity index (χ3v) is 8.27. The van der Waals surface area contributed by atoms with Crippen LogP contribution in [0.5, 0.6) is 5.75 Å². The number of pyridine rings is 1. The van der Waals surface area contributed by atoms with Gasteiger partial charge in [-0.2, -0.15) is 4.98 Å². The molecule has 230 valence electrons. The molecular weight excluding hydrogens is 556 g/mol. The van der Waals surface area contributed by atoms with Gasteiger partial charge in [0.05, 0.1) is 5.69 Å². The number of hydrogen-bond acceptors (Lipinski definition) is 8. The maximum absolute atomic E-state index is 13.6. The summed E-state index contributed by atoms with van der Waals surface area (Å²) in [4.78, 5) is 42.4. The van der Waals surface area contributed by atoms with Gasteiger partial charge >= 0.3 is 6.09 Å². The van der Waals surface area contributed by atoms with Crippen LogP contribution in [0.15, 0.2) is 48.7 Å². The highest BCUT2D eigenvalue weighted by Crippen LogP contribution is 2.36. The molecule has 3 N–H and O–H groups in total. The fraction of sp³-hybridized carbons (Fsp3) is 0.424. The van der Waals surface area contributed by atoms with Crippen LogP contribution in [0.1, 0.15) is 74.2 Å². The Bertz CT molecular complexity index is 1680. The first-order valence-corrected chi connectivity index (χ1v) is 15.4. The molecule has 0 bridgehead atoms. The molecule has 4 aromatic rings. The highest BCUT2D eigenvalue weighted by atomic mass is 16.6. The zero-order valence-corrected chi connectivity index (χ0v) is 25.8. The fourth-order valence-electron chi connectivity index (χ4n) is 5.93. The van der Waals surface area contributed by atoms with Crippen molar-refractivity contribution in [2.24, 2.45) is 0 Å². The number of hydrogen-bond donors (Lipinski definition) is 3. The molecule has 11 nitrogen and oxygen atoms in total. The summed E-state index contributed by atoms with van der Waals surface area (Å²) >= 11 is 0. The summed E-state index contributed by atoms with van der Waals surface area (Å²) in [5, 5.41) is 10.4. The van der Waals surface area contributed by atoms with E-state index in [1.54, 1.807) is 23.2 Å². The van der Waals surface area contributed by atoms with E-state index >= 15 is 0 Å². The van der Waals surface area contributed by atoms with Crippen molar-refractivity contribution in [1.29, 1.82) is 0 Å². The predicted octanol–water partition coefficient (Wildman–Crippen LogP) is 5.95. The molecule has 1 aliphatic carbocycles. The van der Waals surface area contributed by atoms with Crippen molar-refractivity contribution in [2.75, 3.05) is 36.8 Å². The highest BCUT2D eigenvalue weighted by molar-refractivity contribution is 6.06. The van der Waals surface area contributed by atoms with Crippen LogP contribution in [0.3, 0.4) is 0 Å².